The van der Waals surface area contributed by atoms with Crippen LogP contribution < -0.4 is 0 Å². The lowest BCUT2D eigenvalue weighted by atomic mass is 10.1. The van der Waals surface area contributed by atoms with Crippen molar-refractivity contribution in [1.82, 2.24) is 4.90 Å². The van der Waals surface area contributed by atoms with Crippen molar-refractivity contribution in [3.63, 3.8) is 0 Å². The van der Waals surface area contributed by atoms with E-state index in [1.165, 1.54) is 12.1 Å². The summed E-state index contributed by atoms with van der Waals surface area (Å²) in [6.45, 7) is 3.32. The van der Waals surface area contributed by atoms with Crippen molar-refractivity contribution in [2.45, 2.75) is 13.0 Å². The molecule has 0 heterocycles. The molecule has 1 aromatic rings. The van der Waals surface area contributed by atoms with Crippen LogP contribution in [0.5, 0.6) is 0 Å². The first kappa shape index (κ1) is 17.6. The Morgan fingerprint density at radius 3 is 2.57 bits per heavy atom. The number of carboxylic acids is 1. The predicted molar refractivity (Wildman–Crippen MR) is 77.0 cm³/mol. The van der Waals surface area contributed by atoms with Crippen LogP contribution in [-0.4, -0.2) is 56.5 Å². The third-order valence-corrected chi connectivity index (χ3v) is 3.10. The molecule has 0 aliphatic heterocycles. The molecule has 0 aromatic heterocycles. The fourth-order valence-electron chi connectivity index (χ4n) is 2.02. The van der Waals surface area contributed by atoms with Crippen molar-refractivity contribution in [3.05, 3.63) is 35.1 Å². The van der Waals surface area contributed by atoms with Crippen molar-refractivity contribution in [1.29, 1.82) is 0 Å². The van der Waals surface area contributed by atoms with Crippen LogP contribution in [0.2, 0.25) is 0 Å². The zero-order valence-electron chi connectivity index (χ0n) is 12.5. The van der Waals surface area contributed by atoms with Gasteiger partial charge in [0.05, 0.1) is 12.2 Å². The highest BCUT2D eigenvalue weighted by Gasteiger charge is 2.12. The van der Waals surface area contributed by atoms with Crippen molar-refractivity contribution in [3.8, 4) is 0 Å². The molecule has 1 rings (SSSR count). The van der Waals surface area contributed by atoms with Gasteiger partial charge in [0.15, 0.2) is 0 Å². The molecule has 21 heavy (non-hydrogen) atoms. The van der Waals surface area contributed by atoms with E-state index in [1.54, 1.807) is 20.3 Å². The number of benzene rings is 1. The molecule has 0 radical (unpaired) electrons. The normalized spacial score (nSPS) is 11.0. The molecule has 0 bridgehead atoms. The van der Waals surface area contributed by atoms with Gasteiger partial charge in [-0.05, 0) is 24.1 Å². The zero-order valence-corrected chi connectivity index (χ0v) is 12.5. The van der Waals surface area contributed by atoms with Gasteiger partial charge in [-0.15, -0.1) is 0 Å². The molecule has 0 fully saturated rings. The number of hydrogen-bond acceptors (Lipinski definition) is 4. The van der Waals surface area contributed by atoms with Gasteiger partial charge in [0.1, 0.15) is 5.82 Å². The van der Waals surface area contributed by atoms with Crippen LogP contribution in [0.15, 0.2) is 18.2 Å². The molecule has 1 aromatic carbocycles. The quantitative estimate of drug-likeness (QED) is 0.670. The van der Waals surface area contributed by atoms with E-state index in [1.807, 2.05) is 0 Å². The Labute approximate surface area is 124 Å². The first-order chi connectivity index (χ1) is 10.1. The molecule has 5 nitrogen and oxygen atoms in total. The summed E-state index contributed by atoms with van der Waals surface area (Å²) in [6, 6.07) is 4.19. The second-order valence-electron chi connectivity index (χ2n) is 4.73. The van der Waals surface area contributed by atoms with Gasteiger partial charge in [-0.2, -0.15) is 0 Å². The molecule has 6 heteroatoms. The Hall–Kier alpha value is -1.50. The molecule has 1 N–H and O–H groups in total. The lowest BCUT2D eigenvalue weighted by Gasteiger charge is -2.22. The van der Waals surface area contributed by atoms with Crippen molar-refractivity contribution in [2.75, 3.05) is 40.5 Å². The maximum Gasteiger partial charge on any atom is 0.338 e. The number of halogens is 1. The Morgan fingerprint density at radius 1 is 1.24 bits per heavy atom. The van der Waals surface area contributed by atoms with Crippen LogP contribution in [0, 0.1) is 5.82 Å². The van der Waals surface area contributed by atoms with Crippen LogP contribution in [0.3, 0.4) is 0 Å². The lowest BCUT2D eigenvalue weighted by Crippen LogP contribution is -2.29. The number of rotatable bonds is 10. The van der Waals surface area contributed by atoms with E-state index < -0.39 is 11.8 Å². The molecule has 0 saturated carbocycles. The second kappa shape index (κ2) is 9.44. The van der Waals surface area contributed by atoms with Gasteiger partial charge in [0.25, 0.3) is 0 Å². The number of methoxy groups -OCH3 is 2. The topological polar surface area (TPSA) is 59.0 Å². The van der Waals surface area contributed by atoms with E-state index in [4.69, 9.17) is 14.6 Å². The van der Waals surface area contributed by atoms with Crippen LogP contribution in [0.1, 0.15) is 22.3 Å². The second-order valence-corrected chi connectivity index (χ2v) is 4.73. The molecular weight excluding hydrogens is 277 g/mol. The molecule has 0 aliphatic rings. The highest BCUT2D eigenvalue weighted by molar-refractivity contribution is 5.88. The summed E-state index contributed by atoms with van der Waals surface area (Å²) >= 11 is 0. The van der Waals surface area contributed by atoms with E-state index in [0.29, 0.717) is 19.8 Å². The summed E-state index contributed by atoms with van der Waals surface area (Å²) in [5, 5.41) is 8.95. The van der Waals surface area contributed by atoms with Gasteiger partial charge < -0.3 is 14.6 Å². The molecule has 0 atom stereocenters. The van der Waals surface area contributed by atoms with E-state index in [2.05, 4.69) is 4.90 Å². The van der Waals surface area contributed by atoms with Gasteiger partial charge in [0, 0.05) is 40.5 Å². The monoisotopic (exact) mass is 299 g/mol. The maximum absolute atomic E-state index is 13.4. The summed E-state index contributed by atoms with van der Waals surface area (Å²) < 4.78 is 23.5. The number of carboxylic acid groups (broad SMARTS) is 1. The highest BCUT2D eigenvalue weighted by Crippen LogP contribution is 2.13. The first-order valence-electron chi connectivity index (χ1n) is 6.80. The summed E-state index contributed by atoms with van der Waals surface area (Å²) in [7, 11) is 3.28. The molecule has 0 spiro atoms. The minimum absolute atomic E-state index is 0.295. The third-order valence-electron chi connectivity index (χ3n) is 3.10. The van der Waals surface area contributed by atoms with E-state index in [9.17, 15) is 9.18 Å². The van der Waals surface area contributed by atoms with Crippen LogP contribution >= 0.6 is 0 Å². The number of ether oxygens (including phenoxy) is 2. The number of carbonyl (C=O) groups is 1. The predicted octanol–water partition coefficient (Wildman–Crippen LogP) is 2.01. The highest BCUT2D eigenvalue weighted by atomic mass is 19.1. The van der Waals surface area contributed by atoms with E-state index in [-0.39, 0.29) is 5.56 Å². The minimum atomic E-state index is -1.25. The van der Waals surface area contributed by atoms with E-state index >= 15 is 0 Å². The SMILES string of the molecule is COCCCN(CCOC)Cc1ccc(F)c(C(=O)O)c1. The van der Waals surface area contributed by atoms with Crippen molar-refractivity contribution in [2.24, 2.45) is 0 Å². The fourth-order valence-corrected chi connectivity index (χ4v) is 2.02. The van der Waals surface area contributed by atoms with Gasteiger partial charge in [-0.3, -0.25) is 4.90 Å². The molecular formula is C15H22FNO4. The van der Waals surface area contributed by atoms with E-state index in [0.717, 1.165) is 25.1 Å². The lowest BCUT2D eigenvalue weighted by molar-refractivity contribution is 0.0691. The molecule has 118 valence electrons. The summed E-state index contributed by atoms with van der Waals surface area (Å²) in [5.41, 5.74) is 0.471. The van der Waals surface area contributed by atoms with Gasteiger partial charge >= 0.3 is 5.97 Å². The molecule has 0 unspecified atom stereocenters. The molecule has 0 amide bonds. The van der Waals surface area contributed by atoms with Gasteiger partial charge in [-0.25, -0.2) is 9.18 Å². The van der Waals surface area contributed by atoms with Crippen molar-refractivity contribution >= 4 is 5.97 Å². The number of aromatic carboxylic acids is 1. The van der Waals surface area contributed by atoms with Crippen LogP contribution in [0.25, 0.3) is 0 Å². The Balaban J connectivity index is 2.72. The number of nitrogens with zero attached hydrogens (tertiary/aromatic N) is 1. The molecule has 0 saturated heterocycles. The van der Waals surface area contributed by atoms with Gasteiger partial charge in [-0.1, -0.05) is 6.07 Å². The minimum Gasteiger partial charge on any atom is -0.478 e. The average Bonchev–Trinajstić information content (AvgIpc) is 2.46. The Morgan fingerprint density at radius 2 is 1.95 bits per heavy atom. The smallest absolute Gasteiger partial charge is 0.338 e. The average molecular weight is 299 g/mol. The summed E-state index contributed by atoms with van der Waals surface area (Å²) in [4.78, 5) is 13.1. The van der Waals surface area contributed by atoms with Crippen molar-refractivity contribution < 1.29 is 23.8 Å². The maximum atomic E-state index is 13.4. The zero-order chi connectivity index (χ0) is 15.7. The third kappa shape index (κ3) is 6.20. The summed E-state index contributed by atoms with van der Waals surface area (Å²) in [5.74, 6) is -1.97. The van der Waals surface area contributed by atoms with Crippen LogP contribution in [0.4, 0.5) is 4.39 Å². The standard InChI is InChI=1S/C15H22FNO4/c1-20-8-3-6-17(7-9-21-2)11-12-4-5-14(16)13(10-12)15(18)19/h4-5,10H,3,6-9,11H2,1-2H3,(H,18,19). The Bertz CT molecular complexity index is 453. The first-order valence-corrected chi connectivity index (χ1v) is 6.80. The van der Waals surface area contributed by atoms with Gasteiger partial charge in [0.2, 0.25) is 0 Å². The van der Waals surface area contributed by atoms with Crippen LogP contribution in [-0.2, 0) is 16.0 Å². The molecule has 0 aliphatic carbocycles. The summed E-state index contributed by atoms with van der Waals surface area (Å²) in [6.07, 6.45) is 0.868. The number of hydrogen-bond donors (Lipinski definition) is 1. The largest absolute Gasteiger partial charge is 0.478 e. The fraction of sp³-hybridized carbons (Fsp3) is 0.533. The Kier molecular flexibility index (Phi) is 7.89.